The predicted octanol–water partition coefficient (Wildman–Crippen LogP) is 2.52. The lowest BCUT2D eigenvalue weighted by molar-refractivity contribution is -0.130. The largest absolute Gasteiger partial charge is 0.378 e. The fraction of sp³-hybridized carbons (Fsp3) is 0.440. The summed E-state index contributed by atoms with van der Waals surface area (Å²) in [6, 6.07) is 12.9. The average Bonchev–Trinajstić information content (AvgIpc) is 3.19. The van der Waals surface area contributed by atoms with Gasteiger partial charge in [0.1, 0.15) is 5.82 Å². The van der Waals surface area contributed by atoms with Crippen molar-refractivity contribution >= 4 is 32.7 Å². The van der Waals surface area contributed by atoms with Crippen molar-refractivity contribution in [2.45, 2.75) is 44.2 Å². The summed E-state index contributed by atoms with van der Waals surface area (Å²) in [6.07, 6.45) is 1.67. The number of hydrogen-bond donors (Lipinski definition) is 1. The molecule has 10 heteroatoms. The van der Waals surface area contributed by atoms with E-state index in [2.05, 4.69) is 33.5 Å². The minimum atomic E-state index is -3.81. The first-order valence-electron chi connectivity index (χ1n) is 11.9. The maximum absolute atomic E-state index is 13.0. The second-order valence-corrected chi connectivity index (χ2v) is 10.4. The Morgan fingerprint density at radius 1 is 1.17 bits per heavy atom. The first kappa shape index (κ1) is 25.2. The molecule has 0 bridgehead atoms. The smallest absolute Gasteiger partial charge is 0.238 e. The Kier molecular flexibility index (Phi) is 7.73. The number of para-hydroxylation sites is 1. The molecule has 3 aromatic rings. The predicted molar refractivity (Wildman–Crippen MR) is 136 cm³/mol. The number of imidazole rings is 1. The fourth-order valence-corrected chi connectivity index (χ4v) is 5.04. The van der Waals surface area contributed by atoms with E-state index >= 15 is 0 Å². The number of aromatic nitrogens is 2. The maximum Gasteiger partial charge on any atom is 0.238 e. The van der Waals surface area contributed by atoms with Crippen molar-refractivity contribution in [2.75, 3.05) is 38.3 Å². The minimum Gasteiger partial charge on any atom is -0.378 e. The Morgan fingerprint density at radius 3 is 2.63 bits per heavy atom. The van der Waals surface area contributed by atoms with Crippen LogP contribution in [0.2, 0.25) is 0 Å². The van der Waals surface area contributed by atoms with Crippen LogP contribution in [0.3, 0.4) is 0 Å². The SMILES string of the molecule is CCCn1c(CCC(=O)N(C)Cc2ccccc2N2CCOCC2)nc2cc(S(N)(=O)=O)ccc21. The third-order valence-corrected chi connectivity index (χ3v) is 7.22. The van der Waals surface area contributed by atoms with E-state index < -0.39 is 10.0 Å². The summed E-state index contributed by atoms with van der Waals surface area (Å²) >= 11 is 0. The molecule has 1 amide bonds. The van der Waals surface area contributed by atoms with Gasteiger partial charge in [-0.3, -0.25) is 4.79 Å². The number of carbonyl (C=O) groups is 1. The van der Waals surface area contributed by atoms with Crippen LogP contribution >= 0.6 is 0 Å². The Balaban J connectivity index is 1.47. The quantitative estimate of drug-likeness (QED) is 0.484. The zero-order valence-corrected chi connectivity index (χ0v) is 21.1. The molecule has 1 saturated heterocycles. The van der Waals surface area contributed by atoms with Gasteiger partial charge in [-0.1, -0.05) is 25.1 Å². The van der Waals surface area contributed by atoms with Crippen molar-refractivity contribution in [3.05, 3.63) is 53.9 Å². The van der Waals surface area contributed by atoms with Crippen molar-refractivity contribution in [1.29, 1.82) is 0 Å². The molecule has 2 aromatic carbocycles. The Bertz CT molecular complexity index is 1300. The number of ether oxygens (including phenoxy) is 1. The first-order valence-corrected chi connectivity index (χ1v) is 13.5. The number of aryl methyl sites for hydroxylation is 2. The number of benzene rings is 2. The number of carbonyl (C=O) groups excluding carboxylic acids is 1. The molecule has 1 fully saturated rings. The average molecular weight is 500 g/mol. The topological polar surface area (TPSA) is 111 Å². The molecule has 1 aliphatic heterocycles. The number of primary sulfonamides is 1. The molecule has 2 heterocycles. The molecule has 0 unspecified atom stereocenters. The molecule has 0 aliphatic carbocycles. The molecule has 188 valence electrons. The molecule has 2 N–H and O–H groups in total. The van der Waals surface area contributed by atoms with Crippen LogP contribution in [0.1, 0.15) is 31.2 Å². The molecular weight excluding hydrogens is 466 g/mol. The third-order valence-electron chi connectivity index (χ3n) is 6.31. The van der Waals surface area contributed by atoms with E-state index in [0.717, 1.165) is 48.6 Å². The number of sulfonamides is 1. The molecule has 1 aliphatic rings. The van der Waals surface area contributed by atoms with Gasteiger partial charge in [0.15, 0.2) is 0 Å². The molecule has 0 atom stereocenters. The van der Waals surface area contributed by atoms with Gasteiger partial charge in [0, 0.05) is 51.8 Å². The third kappa shape index (κ3) is 5.83. The van der Waals surface area contributed by atoms with Crippen LogP contribution in [-0.2, 0) is 39.1 Å². The van der Waals surface area contributed by atoms with Crippen molar-refractivity contribution in [1.82, 2.24) is 14.5 Å². The summed E-state index contributed by atoms with van der Waals surface area (Å²) in [7, 11) is -1.98. The standard InChI is InChI=1S/C25H33N5O4S/c1-3-12-30-23-9-8-20(35(26,32)33)17-21(23)27-24(30)10-11-25(31)28(2)18-19-6-4-5-7-22(19)29-13-15-34-16-14-29/h4-9,17H,3,10-16,18H2,1-2H3,(H2,26,32,33). The molecule has 35 heavy (non-hydrogen) atoms. The van der Waals surface area contributed by atoms with Crippen LogP contribution in [0.4, 0.5) is 5.69 Å². The number of rotatable bonds is 9. The molecule has 1 aromatic heterocycles. The highest BCUT2D eigenvalue weighted by Gasteiger charge is 2.19. The highest BCUT2D eigenvalue weighted by atomic mass is 32.2. The van der Waals surface area contributed by atoms with E-state index in [4.69, 9.17) is 9.88 Å². The molecule has 0 spiro atoms. The number of anilines is 1. The number of nitrogens with zero attached hydrogens (tertiary/aromatic N) is 4. The monoisotopic (exact) mass is 499 g/mol. The summed E-state index contributed by atoms with van der Waals surface area (Å²) in [5.74, 6) is 0.797. The lowest BCUT2D eigenvalue weighted by Crippen LogP contribution is -2.37. The molecule has 0 saturated carbocycles. The van der Waals surface area contributed by atoms with Gasteiger partial charge in [-0.2, -0.15) is 0 Å². The van der Waals surface area contributed by atoms with Gasteiger partial charge in [-0.15, -0.1) is 0 Å². The van der Waals surface area contributed by atoms with Crippen LogP contribution < -0.4 is 10.0 Å². The van der Waals surface area contributed by atoms with Gasteiger partial charge in [0.05, 0.1) is 29.1 Å². The van der Waals surface area contributed by atoms with Crippen molar-refractivity contribution in [2.24, 2.45) is 5.14 Å². The lowest BCUT2D eigenvalue weighted by Gasteiger charge is -2.31. The number of nitrogens with two attached hydrogens (primary N) is 1. The molecular formula is C25H33N5O4S. The minimum absolute atomic E-state index is 0.0297. The Hall–Kier alpha value is -2.95. The van der Waals surface area contributed by atoms with Gasteiger partial charge in [-0.25, -0.2) is 18.5 Å². The van der Waals surface area contributed by atoms with E-state index in [0.29, 0.717) is 38.1 Å². The van der Waals surface area contributed by atoms with Crippen LogP contribution in [0, 0.1) is 0 Å². The first-order chi connectivity index (χ1) is 16.8. The molecule has 4 rings (SSSR count). The van der Waals surface area contributed by atoms with E-state index in [1.165, 1.54) is 12.1 Å². The number of amides is 1. The van der Waals surface area contributed by atoms with Gasteiger partial charge in [0.25, 0.3) is 0 Å². The second-order valence-electron chi connectivity index (χ2n) is 8.85. The summed E-state index contributed by atoms with van der Waals surface area (Å²) in [5.41, 5.74) is 3.67. The fourth-order valence-electron chi connectivity index (χ4n) is 4.51. The van der Waals surface area contributed by atoms with Gasteiger partial charge in [-0.05, 0) is 36.2 Å². The molecule has 9 nitrogen and oxygen atoms in total. The van der Waals surface area contributed by atoms with Crippen molar-refractivity contribution in [3.8, 4) is 0 Å². The van der Waals surface area contributed by atoms with E-state index in [1.807, 2.05) is 19.2 Å². The second kappa shape index (κ2) is 10.8. The lowest BCUT2D eigenvalue weighted by atomic mass is 10.1. The zero-order valence-electron chi connectivity index (χ0n) is 20.3. The van der Waals surface area contributed by atoms with E-state index in [9.17, 15) is 13.2 Å². The van der Waals surface area contributed by atoms with Crippen molar-refractivity contribution in [3.63, 3.8) is 0 Å². The van der Waals surface area contributed by atoms with E-state index in [-0.39, 0.29) is 10.8 Å². The summed E-state index contributed by atoms with van der Waals surface area (Å²) in [4.78, 5) is 21.8. The Morgan fingerprint density at radius 2 is 1.91 bits per heavy atom. The zero-order chi connectivity index (χ0) is 25.0. The number of hydrogen-bond acceptors (Lipinski definition) is 6. The Labute approximate surface area is 206 Å². The number of fused-ring (bicyclic) bond motifs is 1. The maximum atomic E-state index is 13.0. The van der Waals surface area contributed by atoms with Crippen molar-refractivity contribution < 1.29 is 17.9 Å². The van der Waals surface area contributed by atoms with Crippen LogP contribution in [0.25, 0.3) is 11.0 Å². The number of morpholine rings is 1. The summed E-state index contributed by atoms with van der Waals surface area (Å²) in [6.45, 7) is 6.43. The highest BCUT2D eigenvalue weighted by Crippen LogP contribution is 2.24. The van der Waals surface area contributed by atoms with Gasteiger partial charge in [0.2, 0.25) is 15.9 Å². The summed E-state index contributed by atoms with van der Waals surface area (Å²) < 4.78 is 31.0. The van der Waals surface area contributed by atoms with Gasteiger partial charge < -0.3 is 19.1 Å². The van der Waals surface area contributed by atoms with Crippen LogP contribution in [0.5, 0.6) is 0 Å². The normalized spacial score (nSPS) is 14.4. The molecule has 0 radical (unpaired) electrons. The van der Waals surface area contributed by atoms with Crippen LogP contribution in [-0.4, -0.2) is 62.1 Å². The highest BCUT2D eigenvalue weighted by molar-refractivity contribution is 7.89. The summed E-state index contributed by atoms with van der Waals surface area (Å²) in [5, 5.41) is 5.28. The van der Waals surface area contributed by atoms with E-state index in [1.54, 1.807) is 11.0 Å². The van der Waals surface area contributed by atoms with Crippen LogP contribution in [0.15, 0.2) is 47.4 Å². The van der Waals surface area contributed by atoms with Gasteiger partial charge >= 0.3 is 0 Å².